The number of nitrogens with zero attached hydrogens (tertiary/aromatic N) is 1. The lowest BCUT2D eigenvalue weighted by atomic mass is 10.1. The van der Waals surface area contributed by atoms with Crippen LogP contribution in [0, 0.1) is 5.92 Å². The van der Waals surface area contributed by atoms with Gasteiger partial charge in [0.1, 0.15) is 5.75 Å². The van der Waals surface area contributed by atoms with Crippen molar-refractivity contribution in [1.82, 2.24) is 4.98 Å². The first-order chi connectivity index (χ1) is 6.68. The molecule has 1 rings (SSSR count). The van der Waals surface area contributed by atoms with Crippen LogP contribution in [0.4, 0.5) is 5.69 Å². The minimum atomic E-state index is 0.645. The first kappa shape index (κ1) is 10.8. The number of hydrogen-bond acceptors (Lipinski definition) is 3. The molecule has 14 heavy (non-hydrogen) atoms. The number of rotatable bonds is 5. The number of nitrogen functional groups attached to an aromatic ring is 1. The third kappa shape index (κ3) is 4.12. The Morgan fingerprint density at radius 2 is 2.21 bits per heavy atom. The molecule has 3 heteroatoms. The van der Waals surface area contributed by atoms with Gasteiger partial charge < -0.3 is 10.5 Å². The minimum absolute atomic E-state index is 0.645. The van der Waals surface area contributed by atoms with Gasteiger partial charge in [-0.1, -0.05) is 13.8 Å². The van der Waals surface area contributed by atoms with Gasteiger partial charge in [-0.15, -0.1) is 0 Å². The molecule has 0 amide bonds. The van der Waals surface area contributed by atoms with Crippen molar-refractivity contribution in [2.75, 3.05) is 12.3 Å². The van der Waals surface area contributed by atoms with Crippen molar-refractivity contribution in [3.8, 4) is 5.75 Å². The second-order valence-corrected chi connectivity index (χ2v) is 3.84. The van der Waals surface area contributed by atoms with Crippen LogP contribution in [-0.4, -0.2) is 11.6 Å². The molecule has 0 saturated carbocycles. The van der Waals surface area contributed by atoms with Gasteiger partial charge in [0.2, 0.25) is 0 Å². The lowest BCUT2D eigenvalue weighted by Crippen LogP contribution is -2.00. The van der Waals surface area contributed by atoms with E-state index in [1.165, 1.54) is 6.42 Å². The highest BCUT2D eigenvalue weighted by atomic mass is 16.5. The highest BCUT2D eigenvalue weighted by Crippen LogP contribution is 2.13. The molecular formula is C11H18N2O. The Bertz CT molecular complexity index is 274. The molecule has 0 aromatic carbocycles. The van der Waals surface area contributed by atoms with Crippen LogP contribution in [0.3, 0.4) is 0 Å². The van der Waals surface area contributed by atoms with Gasteiger partial charge >= 0.3 is 0 Å². The standard InChI is InChI=1S/C11H18N2O/c1-9(2)4-3-5-14-11-6-10(12)7-13-8-11/h6-9H,3-5,12H2,1-2H3. The van der Waals surface area contributed by atoms with Crippen molar-refractivity contribution >= 4 is 5.69 Å². The van der Waals surface area contributed by atoms with Crippen molar-refractivity contribution in [1.29, 1.82) is 0 Å². The van der Waals surface area contributed by atoms with E-state index < -0.39 is 0 Å². The molecule has 78 valence electrons. The van der Waals surface area contributed by atoms with E-state index >= 15 is 0 Å². The zero-order valence-corrected chi connectivity index (χ0v) is 8.86. The molecule has 0 bridgehead atoms. The maximum atomic E-state index is 5.57. The Hall–Kier alpha value is -1.25. The fraction of sp³-hybridized carbons (Fsp3) is 0.545. The molecule has 0 aliphatic carbocycles. The summed E-state index contributed by atoms with van der Waals surface area (Å²) in [5, 5.41) is 0. The van der Waals surface area contributed by atoms with E-state index in [-0.39, 0.29) is 0 Å². The molecule has 1 aromatic rings. The predicted molar refractivity (Wildman–Crippen MR) is 58.2 cm³/mol. The van der Waals surface area contributed by atoms with Crippen LogP contribution in [0.1, 0.15) is 26.7 Å². The molecule has 1 aromatic heterocycles. The number of aromatic nitrogens is 1. The van der Waals surface area contributed by atoms with Crippen LogP contribution in [0.5, 0.6) is 5.75 Å². The van der Waals surface area contributed by atoms with Gasteiger partial charge in [-0.3, -0.25) is 4.98 Å². The normalized spacial score (nSPS) is 10.5. The van der Waals surface area contributed by atoms with Crippen LogP contribution in [0.15, 0.2) is 18.5 Å². The Morgan fingerprint density at radius 3 is 2.86 bits per heavy atom. The SMILES string of the molecule is CC(C)CCCOc1cncc(N)c1. The van der Waals surface area contributed by atoms with Crippen molar-refractivity contribution in [2.24, 2.45) is 5.92 Å². The summed E-state index contributed by atoms with van der Waals surface area (Å²) in [5.41, 5.74) is 6.21. The average Bonchev–Trinajstić information content (AvgIpc) is 2.12. The van der Waals surface area contributed by atoms with E-state index in [0.29, 0.717) is 5.69 Å². The van der Waals surface area contributed by atoms with Gasteiger partial charge in [-0.05, 0) is 18.8 Å². The summed E-state index contributed by atoms with van der Waals surface area (Å²) in [6.45, 7) is 5.16. The molecule has 0 atom stereocenters. The number of anilines is 1. The molecular weight excluding hydrogens is 176 g/mol. The highest BCUT2D eigenvalue weighted by molar-refractivity contribution is 5.39. The maximum Gasteiger partial charge on any atom is 0.139 e. The number of pyridine rings is 1. The Kier molecular flexibility index (Phi) is 4.23. The van der Waals surface area contributed by atoms with Crippen LogP contribution in [0.2, 0.25) is 0 Å². The summed E-state index contributed by atoms with van der Waals surface area (Å²) in [7, 11) is 0. The summed E-state index contributed by atoms with van der Waals surface area (Å²) >= 11 is 0. The van der Waals surface area contributed by atoms with E-state index in [1.807, 2.05) is 0 Å². The Balaban J connectivity index is 2.25. The third-order valence-corrected chi connectivity index (χ3v) is 1.93. The molecule has 0 saturated heterocycles. The van der Waals surface area contributed by atoms with Crippen molar-refractivity contribution in [3.63, 3.8) is 0 Å². The summed E-state index contributed by atoms with van der Waals surface area (Å²) in [6, 6.07) is 1.79. The topological polar surface area (TPSA) is 48.1 Å². The smallest absolute Gasteiger partial charge is 0.139 e. The third-order valence-electron chi connectivity index (χ3n) is 1.93. The van der Waals surface area contributed by atoms with Crippen molar-refractivity contribution in [3.05, 3.63) is 18.5 Å². The van der Waals surface area contributed by atoms with Gasteiger partial charge in [0.25, 0.3) is 0 Å². The zero-order chi connectivity index (χ0) is 10.4. The van der Waals surface area contributed by atoms with Crippen molar-refractivity contribution < 1.29 is 4.74 Å². The lowest BCUT2D eigenvalue weighted by molar-refractivity contribution is 0.297. The minimum Gasteiger partial charge on any atom is -0.492 e. The Labute approximate surface area is 85.3 Å². The lowest BCUT2D eigenvalue weighted by Gasteiger charge is -2.07. The molecule has 0 unspecified atom stereocenters. The second-order valence-electron chi connectivity index (χ2n) is 3.84. The molecule has 0 spiro atoms. The quantitative estimate of drug-likeness (QED) is 0.732. The number of ether oxygens (including phenoxy) is 1. The van der Waals surface area contributed by atoms with Gasteiger partial charge in [0, 0.05) is 6.07 Å². The first-order valence-corrected chi connectivity index (χ1v) is 5.02. The highest BCUT2D eigenvalue weighted by Gasteiger charge is 1.96. The molecule has 1 heterocycles. The number of hydrogen-bond donors (Lipinski definition) is 1. The summed E-state index contributed by atoms with van der Waals surface area (Å²) in [5.74, 6) is 1.49. The fourth-order valence-corrected chi connectivity index (χ4v) is 1.20. The van der Waals surface area contributed by atoms with Crippen LogP contribution in [-0.2, 0) is 0 Å². The predicted octanol–water partition coefficient (Wildman–Crippen LogP) is 2.48. The molecule has 2 N–H and O–H groups in total. The molecule has 0 aliphatic rings. The molecule has 0 radical (unpaired) electrons. The largest absolute Gasteiger partial charge is 0.492 e. The summed E-state index contributed by atoms with van der Waals surface area (Å²) in [4.78, 5) is 3.95. The zero-order valence-electron chi connectivity index (χ0n) is 8.86. The van der Waals surface area contributed by atoms with Gasteiger partial charge in [-0.2, -0.15) is 0 Å². The van der Waals surface area contributed by atoms with E-state index in [2.05, 4.69) is 18.8 Å². The van der Waals surface area contributed by atoms with Gasteiger partial charge in [-0.25, -0.2) is 0 Å². The average molecular weight is 194 g/mol. The maximum absolute atomic E-state index is 5.57. The van der Waals surface area contributed by atoms with Gasteiger partial charge in [0.05, 0.1) is 24.7 Å². The van der Waals surface area contributed by atoms with E-state index in [1.54, 1.807) is 18.5 Å². The molecule has 3 nitrogen and oxygen atoms in total. The first-order valence-electron chi connectivity index (χ1n) is 5.02. The van der Waals surface area contributed by atoms with E-state index in [0.717, 1.165) is 24.7 Å². The molecule has 0 aliphatic heterocycles. The summed E-state index contributed by atoms with van der Waals surface area (Å²) in [6.07, 6.45) is 5.56. The number of nitrogens with two attached hydrogens (primary N) is 1. The second kappa shape index (κ2) is 5.47. The fourth-order valence-electron chi connectivity index (χ4n) is 1.20. The van der Waals surface area contributed by atoms with Crippen LogP contribution in [0.25, 0.3) is 0 Å². The van der Waals surface area contributed by atoms with Crippen LogP contribution < -0.4 is 10.5 Å². The monoisotopic (exact) mass is 194 g/mol. The van der Waals surface area contributed by atoms with Gasteiger partial charge in [0.15, 0.2) is 0 Å². The van der Waals surface area contributed by atoms with Crippen molar-refractivity contribution in [2.45, 2.75) is 26.7 Å². The van der Waals surface area contributed by atoms with E-state index in [9.17, 15) is 0 Å². The summed E-state index contributed by atoms with van der Waals surface area (Å²) < 4.78 is 5.49. The Morgan fingerprint density at radius 1 is 1.43 bits per heavy atom. The van der Waals surface area contributed by atoms with E-state index in [4.69, 9.17) is 10.5 Å². The van der Waals surface area contributed by atoms with Crippen LogP contribution >= 0.6 is 0 Å². The molecule has 0 fully saturated rings.